The normalized spacial score (nSPS) is 11.0. The van der Waals surface area contributed by atoms with Gasteiger partial charge in [0.05, 0.1) is 0 Å². The molecule has 5 nitrogen and oxygen atoms in total. The lowest BCUT2D eigenvalue weighted by Crippen LogP contribution is -2.40. The maximum atomic E-state index is 12.3. The van der Waals surface area contributed by atoms with Crippen LogP contribution in [0.25, 0.3) is 0 Å². The summed E-state index contributed by atoms with van der Waals surface area (Å²) in [6.07, 6.45) is -0.600. The monoisotopic (exact) mass is 386 g/mol. The van der Waals surface area contributed by atoms with E-state index >= 15 is 0 Å². The van der Waals surface area contributed by atoms with Gasteiger partial charge in [-0.25, -0.2) is 4.79 Å². The van der Waals surface area contributed by atoms with E-state index in [4.69, 9.17) is 4.74 Å². The molecule has 144 valence electrons. The molecule has 27 heavy (non-hydrogen) atoms. The van der Waals surface area contributed by atoms with Gasteiger partial charge >= 0.3 is 6.09 Å². The van der Waals surface area contributed by atoms with E-state index in [1.807, 2.05) is 42.5 Å². The van der Waals surface area contributed by atoms with Gasteiger partial charge in [-0.05, 0) is 50.6 Å². The molecule has 1 N–H and O–H groups in total. The maximum Gasteiger partial charge on any atom is 0.408 e. The van der Waals surface area contributed by atoms with Crippen LogP contribution in [0.5, 0.6) is 0 Å². The number of rotatable bonds is 6. The van der Waals surface area contributed by atoms with E-state index in [1.165, 1.54) is 10.5 Å². The van der Waals surface area contributed by atoms with Crippen molar-refractivity contribution < 1.29 is 14.3 Å². The third-order valence-corrected chi connectivity index (χ3v) is 4.71. The first-order chi connectivity index (χ1) is 12.7. The first-order valence-electron chi connectivity index (χ1n) is 8.75. The molecule has 0 spiro atoms. The predicted molar refractivity (Wildman–Crippen MR) is 110 cm³/mol. The molecule has 0 aliphatic rings. The zero-order chi connectivity index (χ0) is 19.9. The van der Waals surface area contributed by atoms with E-state index in [2.05, 4.69) is 17.4 Å². The lowest BCUT2D eigenvalue weighted by molar-refractivity contribution is -0.117. The number of amides is 2. The van der Waals surface area contributed by atoms with Crippen LogP contribution in [0.3, 0.4) is 0 Å². The van der Waals surface area contributed by atoms with Crippen molar-refractivity contribution in [3.8, 4) is 0 Å². The number of likely N-dealkylation sites (N-methyl/N-ethyl adjacent to an activating group) is 1. The number of carbonyl (C=O) groups excluding carboxylic acids is 2. The van der Waals surface area contributed by atoms with Crippen LogP contribution in [0.2, 0.25) is 0 Å². The van der Waals surface area contributed by atoms with Crippen molar-refractivity contribution in [1.29, 1.82) is 0 Å². The number of nitrogens with one attached hydrogen (secondary N) is 1. The van der Waals surface area contributed by atoms with E-state index in [0.717, 1.165) is 16.3 Å². The smallest absolute Gasteiger partial charge is 0.408 e. The van der Waals surface area contributed by atoms with Crippen LogP contribution < -0.4 is 10.2 Å². The Morgan fingerprint density at radius 2 is 1.67 bits per heavy atom. The van der Waals surface area contributed by atoms with Crippen molar-refractivity contribution in [2.45, 2.75) is 37.0 Å². The minimum atomic E-state index is -0.600. The molecule has 0 aliphatic carbocycles. The van der Waals surface area contributed by atoms with Crippen LogP contribution in [0.15, 0.2) is 59.5 Å². The fourth-order valence-corrected chi connectivity index (χ4v) is 3.09. The van der Waals surface area contributed by atoms with Gasteiger partial charge in [0.1, 0.15) is 12.1 Å². The Morgan fingerprint density at radius 3 is 2.26 bits per heavy atom. The Kier molecular flexibility index (Phi) is 7.30. The number of nitrogens with zero attached hydrogens (tertiary/aromatic N) is 1. The molecule has 0 unspecified atom stereocenters. The molecule has 0 fully saturated rings. The summed E-state index contributed by atoms with van der Waals surface area (Å²) in [5.41, 5.74) is 1.45. The molecule has 0 atom stereocenters. The Bertz CT molecular complexity index is 755. The van der Waals surface area contributed by atoms with Gasteiger partial charge in [-0.2, -0.15) is 0 Å². The second-order valence-electron chi connectivity index (χ2n) is 7.08. The fraction of sp³-hybridized carbons (Fsp3) is 0.333. The van der Waals surface area contributed by atoms with Crippen molar-refractivity contribution in [2.75, 3.05) is 18.5 Å². The van der Waals surface area contributed by atoms with Crippen LogP contribution in [0.4, 0.5) is 10.5 Å². The van der Waals surface area contributed by atoms with Crippen molar-refractivity contribution in [3.05, 3.63) is 60.2 Å². The first-order valence-corrected chi connectivity index (χ1v) is 9.73. The zero-order valence-electron chi connectivity index (χ0n) is 16.2. The molecule has 6 heteroatoms. The molecule has 2 aromatic rings. The van der Waals surface area contributed by atoms with Crippen LogP contribution >= 0.6 is 11.8 Å². The van der Waals surface area contributed by atoms with E-state index in [0.29, 0.717) is 0 Å². The van der Waals surface area contributed by atoms with Crippen LogP contribution in [-0.2, 0) is 15.3 Å². The lowest BCUT2D eigenvalue weighted by Gasteiger charge is -2.21. The summed E-state index contributed by atoms with van der Waals surface area (Å²) in [7, 11) is 1.69. The molecular formula is C21H26N2O3S. The molecule has 2 aromatic carbocycles. The van der Waals surface area contributed by atoms with Gasteiger partial charge in [0, 0.05) is 23.4 Å². The Labute approximate surface area is 165 Å². The summed E-state index contributed by atoms with van der Waals surface area (Å²) < 4.78 is 5.13. The molecule has 0 heterocycles. The molecule has 0 saturated carbocycles. The first kappa shape index (κ1) is 20.8. The molecule has 0 aromatic heterocycles. The van der Waals surface area contributed by atoms with Gasteiger partial charge in [-0.3, -0.25) is 4.79 Å². The number of thioether (sulfide) groups is 1. The van der Waals surface area contributed by atoms with Gasteiger partial charge in [0.2, 0.25) is 5.91 Å². The Hall–Kier alpha value is -2.47. The van der Waals surface area contributed by atoms with Crippen molar-refractivity contribution in [2.24, 2.45) is 0 Å². The number of carbonyl (C=O) groups is 2. The number of ether oxygens (including phenoxy) is 1. The number of hydrogen-bond donors (Lipinski definition) is 1. The summed E-state index contributed by atoms with van der Waals surface area (Å²) in [5.74, 6) is 0.680. The van der Waals surface area contributed by atoms with Gasteiger partial charge in [-0.15, -0.1) is 11.8 Å². The molecule has 0 bridgehead atoms. The highest BCUT2D eigenvalue weighted by Crippen LogP contribution is 2.25. The number of alkyl carbamates (subject to hydrolysis) is 1. The van der Waals surface area contributed by atoms with E-state index in [1.54, 1.807) is 39.6 Å². The Balaban J connectivity index is 1.84. The van der Waals surface area contributed by atoms with Gasteiger partial charge < -0.3 is 15.0 Å². The van der Waals surface area contributed by atoms with Crippen molar-refractivity contribution >= 4 is 29.4 Å². The minimum absolute atomic E-state index is 0.115. The average Bonchev–Trinajstić information content (AvgIpc) is 2.64. The third kappa shape index (κ3) is 7.35. The van der Waals surface area contributed by atoms with Crippen LogP contribution in [-0.4, -0.2) is 31.2 Å². The molecule has 2 amide bonds. The Morgan fingerprint density at radius 1 is 1.04 bits per heavy atom. The molecule has 0 radical (unpaired) electrons. The molecular weight excluding hydrogens is 360 g/mol. The summed E-state index contributed by atoms with van der Waals surface area (Å²) in [6, 6.07) is 18.1. The van der Waals surface area contributed by atoms with E-state index < -0.39 is 11.7 Å². The van der Waals surface area contributed by atoms with Crippen LogP contribution in [0, 0.1) is 0 Å². The molecule has 0 saturated heterocycles. The van der Waals surface area contributed by atoms with Crippen LogP contribution in [0.1, 0.15) is 26.3 Å². The highest BCUT2D eigenvalue weighted by atomic mass is 32.2. The largest absolute Gasteiger partial charge is 0.444 e. The highest BCUT2D eigenvalue weighted by molar-refractivity contribution is 7.98. The van der Waals surface area contributed by atoms with Crippen molar-refractivity contribution in [1.82, 2.24) is 5.32 Å². The number of benzene rings is 2. The van der Waals surface area contributed by atoms with E-state index in [9.17, 15) is 9.59 Å². The topological polar surface area (TPSA) is 58.6 Å². The number of hydrogen-bond acceptors (Lipinski definition) is 4. The van der Waals surface area contributed by atoms with Crippen molar-refractivity contribution in [3.63, 3.8) is 0 Å². The van der Waals surface area contributed by atoms with Gasteiger partial charge in [0.25, 0.3) is 0 Å². The lowest BCUT2D eigenvalue weighted by atomic mass is 10.2. The predicted octanol–water partition coefficient (Wildman–Crippen LogP) is 4.47. The van der Waals surface area contributed by atoms with E-state index in [-0.39, 0.29) is 12.5 Å². The maximum absolute atomic E-state index is 12.3. The summed E-state index contributed by atoms with van der Waals surface area (Å²) in [6.45, 7) is 5.21. The number of anilines is 1. The third-order valence-electron chi connectivity index (χ3n) is 3.63. The highest BCUT2D eigenvalue weighted by Gasteiger charge is 2.18. The average molecular weight is 387 g/mol. The molecule has 0 aliphatic heterocycles. The second-order valence-corrected chi connectivity index (χ2v) is 8.13. The zero-order valence-corrected chi connectivity index (χ0v) is 17.0. The standard InChI is InChI=1S/C21H26N2O3S/c1-21(2,3)26-20(25)22-14-19(24)23(4)17-10-12-18(13-11-17)27-15-16-8-6-5-7-9-16/h5-13H,14-15H2,1-4H3,(H,22,25). The van der Waals surface area contributed by atoms with Gasteiger partial charge in [0.15, 0.2) is 0 Å². The second kappa shape index (κ2) is 9.46. The summed E-state index contributed by atoms with van der Waals surface area (Å²) >= 11 is 1.74. The minimum Gasteiger partial charge on any atom is -0.444 e. The SMILES string of the molecule is CN(C(=O)CNC(=O)OC(C)(C)C)c1ccc(SCc2ccccc2)cc1. The molecule has 2 rings (SSSR count). The fourth-order valence-electron chi connectivity index (χ4n) is 2.23. The summed E-state index contributed by atoms with van der Waals surface area (Å²) in [5, 5.41) is 2.48. The quantitative estimate of drug-likeness (QED) is 0.745. The summed E-state index contributed by atoms with van der Waals surface area (Å²) in [4.78, 5) is 26.6. The van der Waals surface area contributed by atoms with Gasteiger partial charge in [-0.1, -0.05) is 30.3 Å².